The molecule has 0 bridgehead atoms. The van der Waals surface area contributed by atoms with E-state index in [4.69, 9.17) is 16.3 Å². The molecule has 2 fully saturated rings. The standard InChI is InChI=1S/C20H22ClN3O2/c21-16-8-6-15(7-9-16)19-17(12-22-23-19)20(25)24-10-11-26-18(13-24)14-4-2-1-3-5-14/h1-9,17-19,22-23H,10-13H2. The molecule has 2 saturated heterocycles. The summed E-state index contributed by atoms with van der Waals surface area (Å²) in [5, 5.41) is 0.696. The number of nitrogens with one attached hydrogen (secondary N) is 2. The highest BCUT2D eigenvalue weighted by Crippen LogP contribution is 2.29. The molecule has 5 nitrogen and oxygen atoms in total. The van der Waals surface area contributed by atoms with Gasteiger partial charge >= 0.3 is 0 Å². The summed E-state index contributed by atoms with van der Waals surface area (Å²) in [6, 6.07) is 17.7. The number of carbonyl (C=O) groups excluding carboxylic acids is 1. The van der Waals surface area contributed by atoms with Crippen molar-refractivity contribution < 1.29 is 9.53 Å². The third-order valence-electron chi connectivity index (χ3n) is 5.08. The molecule has 26 heavy (non-hydrogen) atoms. The van der Waals surface area contributed by atoms with Gasteiger partial charge < -0.3 is 9.64 Å². The molecule has 0 saturated carbocycles. The second-order valence-corrected chi connectivity index (χ2v) is 7.15. The van der Waals surface area contributed by atoms with E-state index in [2.05, 4.69) is 10.9 Å². The predicted molar refractivity (Wildman–Crippen MR) is 101 cm³/mol. The van der Waals surface area contributed by atoms with Crippen molar-refractivity contribution in [1.29, 1.82) is 0 Å². The first-order valence-electron chi connectivity index (χ1n) is 8.91. The van der Waals surface area contributed by atoms with Crippen LogP contribution in [0.25, 0.3) is 0 Å². The number of hydrogen-bond donors (Lipinski definition) is 2. The first kappa shape index (κ1) is 17.5. The molecule has 0 aliphatic carbocycles. The van der Waals surface area contributed by atoms with Crippen molar-refractivity contribution >= 4 is 17.5 Å². The summed E-state index contributed by atoms with van der Waals surface area (Å²) >= 11 is 5.99. The van der Waals surface area contributed by atoms with Crippen LogP contribution in [0.5, 0.6) is 0 Å². The van der Waals surface area contributed by atoms with Gasteiger partial charge in [0.2, 0.25) is 5.91 Å². The Balaban J connectivity index is 1.48. The van der Waals surface area contributed by atoms with Crippen LogP contribution >= 0.6 is 11.6 Å². The van der Waals surface area contributed by atoms with Crippen LogP contribution in [0.4, 0.5) is 0 Å². The number of hydrogen-bond acceptors (Lipinski definition) is 4. The van der Waals surface area contributed by atoms with Crippen LogP contribution in [0.3, 0.4) is 0 Å². The van der Waals surface area contributed by atoms with Crippen molar-refractivity contribution in [3.63, 3.8) is 0 Å². The van der Waals surface area contributed by atoms with Gasteiger partial charge in [-0.15, -0.1) is 0 Å². The lowest BCUT2D eigenvalue weighted by molar-refractivity contribution is -0.143. The molecule has 3 atom stereocenters. The Morgan fingerprint density at radius 1 is 1.08 bits per heavy atom. The molecule has 2 aromatic carbocycles. The second kappa shape index (κ2) is 7.76. The van der Waals surface area contributed by atoms with Crippen LogP contribution in [-0.2, 0) is 9.53 Å². The molecule has 2 aromatic rings. The molecule has 2 N–H and O–H groups in total. The van der Waals surface area contributed by atoms with Crippen molar-refractivity contribution in [1.82, 2.24) is 15.8 Å². The third-order valence-corrected chi connectivity index (χ3v) is 5.33. The number of rotatable bonds is 3. The quantitative estimate of drug-likeness (QED) is 0.871. The Hall–Kier alpha value is -1.92. The fourth-order valence-corrected chi connectivity index (χ4v) is 3.79. The summed E-state index contributed by atoms with van der Waals surface area (Å²) < 4.78 is 5.89. The molecule has 0 aromatic heterocycles. The van der Waals surface area contributed by atoms with Gasteiger partial charge in [0.05, 0.1) is 25.1 Å². The second-order valence-electron chi connectivity index (χ2n) is 6.72. The van der Waals surface area contributed by atoms with Gasteiger partial charge in [-0.3, -0.25) is 10.2 Å². The van der Waals surface area contributed by atoms with E-state index in [0.717, 1.165) is 11.1 Å². The largest absolute Gasteiger partial charge is 0.370 e. The Bertz CT molecular complexity index is 753. The fraction of sp³-hybridized carbons (Fsp3) is 0.350. The van der Waals surface area contributed by atoms with Crippen molar-refractivity contribution in [3.05, 3.63) is 70.7 Å². The lowest BCUT2D eigenvalue weighted by Crippen LogP contribution is -2.46. The number of amides is 1. The van der Waals surface area contributed by atoms with Gasteiger partial charge in [-0.05, 0) is 23.3 Å². The third kappa shape index (κ3) is 3.62. The number of benzene rings is 2. The lowest BCUT2D eigenvalue weighted by Gasteiger charge is -2.35. The number of carbonyl (C=O) groups is 1. The zero-order chi connectivity index (χ0) is 17.9. The SMILES string of the molecule is O=C(C1CNNC1c1ccc(Cl)cc1)N1CCOC(c2ccccc2)C1. The topological polar surface area (TPSA) is 53.6 Å². The minimum absolute atomic E-state index is 0.0576. The first-order valence-corrected chi connectivity index (χ1v) is 9.29. The number of nitrogens with zero attached hydrogens (tertiary/aromatic N) is 1. The summed E-state index contributed by atoms with van der Waals surface area (Å²) in [6.45, 7) is 2.39. The van der Waals surface area contributed by atoms with E-state index in [0.29, 0.717) is 31.3 Å². The monoisotopic (exact) mass is 371 g/mol. The molecular weight excluding hydrogens is 350 g/mol. The molecule has 1 amide bonds. The number of ether oxygens (including phenoxy) is 1. The van der Waals surface area contributed by atoms with E-state index in [1.165, 1.54) is 0 Å². The highest BCUT2D eigenvalue weighted by molar-refractivity contribution is 6.30. The average molecular weight is 372 g/mol. The molecule has 2 heterocycles. The molecule has 0 spiro atoms. The Morgan fingerprint density at radius 3 is 2.62 bits per heavy atom. The number of hydrazine groups is 1. The zero-order valence-corrected chi connectivity index (χ0v) is 15.2. The van der Waals surface area contributed by atoms with Gasteiger partial charge in [-0.25, -0.2) is 5.43 Å². The van der Waals surface area contributed by atoms with Gasteiger partial charge in [0, 0.05) is 18.1 Å². The van der Waals surface area contributed by atoms with Crippen LogP contribution in [0.1, 0.15) is 23.3 Å². The maximum absolute atomic E-state index is 13.2. The highest BCUT2D eigenvalue weighted by atomic mass is 35.5. The fourth-order valence-electron chi connectivity index (χ4n) is 3.67. The molecule has 6 heteroatoms. The van der Waals surface area contributed by atoms with Gasteiger partial charge in [0.15, 0.2) is 0 Å². The van der Waals surface area contributed by atoms with Gasteiger partial charge in [0.1, 0.15) is 6.10 Å². The number of morpholine rings is 1. The maximum Gasteiger partial charge on any atom is 0.229 e. The van der Waals surface area contributed by atoms with Crippen LogP contribution in [-0.4, -0.2) is 37.0 Å². The van der Waals surface area contributed by atoms with E-state index in [-0.39, 0.29) is 24.0 Å². The van der Waals surface area contributed by atoms with Crippen molar-refractivity contribution in [2.45, 2.75) is 12.1 Å². The average Bonchev–Trinajstić information content (AvgIpc) is 3.18. The van der Waals surface area contributed by atoms with Crippen LogP contribution < -0.4 is 10.9 Å². The van der Waals surface area contributed by atoms with Gasteiger partial charge in [-0.1, -0.05) is 54.1 Å². The van der Waals surface area contributed by atoms with E-state index < -0.39 is 0 Å². The molecule has 136 valence electrons. The summed E-state index contributed by atoms with van der Waals surface area (Å²) in [5.74, 6) is 0.0115. The molecular formula is C20H22ClN3O2. The lowest BCUT2D eigenvalue weighted by atomic mass is 9.93. The van der Waals surface area contributed by atoms with Crippen molar-refractivity contribution in [2.75, 3.05) is 26.2 Å². The summed E-state index contributed by atoms with van der Waals surface area (Å²) in [6.07, 6.45) is -0.0646. The smallest absolute Gasteiger partial charge is 0.229 e. The van der Waals surface area contributed by atoms with E-state index in [1.54, 1.807) is 0 Å². The number of halogens is 1. The highest BCUT2D eigenvalue weighted by Gasteiger charge is 2.38. The first-order chi connectivity index (χ1) is 12.7. The molecule has 3 unspecified atom stereocenters. The maximum atomic E-state index is 13.2. The van der Waals surface area contributed by atoms with Gasteiger partial charge in [0.25, 0.3) is 0 Å². The summed E-state index contributed by atoms with van der Waals surface area (Å²) in [7, 11) is 0. The summed E-state index contributed by atoms with van der Waals surface area (Å²) in [5.41, 5.74) is 8.54. The minimum atomic E-state index is -0.148. The normalized spacial score (nSPS) is 26.0. The minimum Gasteiger partial charge on any atom is -0.370 e. The zero-order valence-electron chi connectivity index (χ0n) is 14.4. The van der Waals surface area contributed by atoms with E-state index >= 15 is 0 Å². The molecule has 2 aliphatic heterocycles. The predicted octanol–water partition coefficient (Wildman–Crippen LogP) is 2.71. The molecule has 4 rings (SSSR count). The van der Waals surface area contributed by atoms with Crippen LogP contribution in [0.15, 0.2) is 54.6 Å². The van der Waals surface area contributed by atoms with Crippen molar-refractivity contribution in [2.24, 2.45) is 5.92 Å². The van der Waals surface area contributed by atoms with E-state index in [1.807, 2.05) is 59.5 Å². The Morgan fingerprint density at radius 2 is 1.85 bits per heavy atom. The van der Waals surface area contributed by atoms with Crippen LogP contribution in [0, 0.1) is 5.92 Å². The summed E-state index contributed by atoms with van der Waals surface area (Å²) in [4.78, 5) is 15.1. The van der Waals surface area contributed by atoms with Gasteiger partial charge in [-0.2, -0.15) is 0 Å². The van der Waals surface area contributed by atoms with Crippen molar-refractivity contribution in [3.8, 4) is 0 Å². The van der Waals surface area contributed by atoms with Crippen LogP contribution in [0.2, 0.25) is 5.02 Å². The Kier molecular flexibility index (Phi) is 5.22. The molecule has 0 radical (unpaired) electrons. The Labute approximate surface area is 158 Å². The molecule has 2 aliphatic rings. The van der Waals surface area contributed by atoms with E-state index in [9.17, 15) is 4.79 Å².